The molecule has 2 rings (SSSR count). The van der Waals surface area contributed by atoms with Crippen molar-refractivity contribution in [3.05, 3.63) is 63.0 Å². The molecule has 5 nitrogen and oxygen atoms in total. The Morgan fingerprint density at radius 2 is 2.05 bits per heavy atom. The second kappa shape index (κ2) is 6.58. The fraction of sp³-hybridized carbons (Fsp3) is 0.200. The molecule has 0 fully saturated rings. The first-order valence-corrected chi connectivity index (χ1v) is 7.26. The van der Waals surface area contributed by atoms with Gasteiger partial charge in [0.05, 0.1) is 6.04 Å². The number of nitrogens with two attached hydrogens (primary N) is 1. The molecule has 0 spiro atoms. The summed E-state index contributed by atoms with van der Waals surface area (Å²) < 4.78 is 2.22. The average Bonchev–Trinajstić information content (AvgIpc) is 2.43. The molecule has 0 aliphatic heterocycles. The van der Waals surface area contributed by atoms with Gasteiger partial charge in [-0.15, -0.1) is 0 Å². The minimum atomic E-state index is -0.257. The highest BCUT2D eigenvalue weighted by molar-refractivity contribution is 9.10. The van der Waals surface area contributed by atoms with Crippen LogP contribution in [0.1, 0.15) is 18.5 Å². The molecule has 1 aromatic carbocycles. The topological polar surface area (TPSA) is 77.1 Å². The number of carbonyl (C=O) groups is 1. The number of carbonyl (C=O) groups excluding carboxylic acids is 1. The average molecular weight is 350 g/mol. The summed E-state index contributed by atoms with van der Waals surface area (Å²) in [5.74, 6) is -0.244. The summed E-state index contributed by atoms with van der Waals surface area (Å²) in [7, 11) is 0. The van der Waals surface area contributed by atoms with Gasteiger partial charge in [-0.1, -0.05) is 34.1 Å². The second-order valence-corrected chi connectivity index (χ2v) is 5.59. The Labute approximate surface area is 130 Å². The Bertz CT molecular complexity index is 712. The number of amides is 1. The number of aromatic nitrogens is 1. The fourth-order valence-corrected chi connectivity index (χ4v) is 2.65. The van der Waals surface area contributed by atoms with Crippen LogP contribution in [0.4, 0.5) is 5.69 Å². The molecule has 21 heavy (non-hydrogen) atoms. The maximum Gasteiger partial charge on any atom is 0.251 e. The Hall–Kier alpha value is -2.08. The summed E-state index contributed by atoms with van der Waals surface area (Å²) in [5, 5.41) is 2.86. The predicted octanol–water partition coefficient (Wildman–Crippen LogP) is 2.07. The number of anilines is 1. The van der Waals surface area contributed by atoms with E-state index in [2.05, 4.69) is 21.2 Å². The lowest BCUT2D eigenvalue weighted by Gasteiger charge is -2.16. The molecular formula is C15H16BrN3O2. The lowest BCUT2D eigenvalue weighted by molar-refractivity contribution is -0.122. The number of rotatable bonds is 4. The van der Waals surface area contributed by atoms with Crippen molar-refractivity contribution >= 4 is 27.5 Å². The second-order valence-electron chi connectivity index (χ2n) is 4.74. The zero-order valence-corrected chi connectivity index (χ0v) is 13.1. The van der Waals surface area contributed by atoms with Crippen molar-refractivity contribution in [1.29, 1.82) is 0 Å². The highest BCUT2D eigenvalue weighted by atomic mass is 79.9. The molecule has 1 heterocycles. The maximum absolute atomic E-state index is 12.0. The molecule has 0 saturated carbocycles. The first-order valence-electron chi connectivity index (χ1n) is 6.47. The van der Waals surface area contributed by atoms with Gasteiger partial charge >= 0.3 is 0 Å². The van der Waals surface area contributed by atoms with Crippen LogP contribution in [0, 0.1) is 0 Å². The first-order chi connectivity index (χ1) is 9.97. The van der Waals surface area contributed by atoms with Crippen molar-refractivity contribution in [2.45, 2.75) is 19.5 Å². The van der Waals surface area contributed by atoms with Gasteiger partial charge in [0.25, 0.3) is 5.56 Å². The van der Waals surface area contributed by atoms with Gasteiger partial charge < -0.3 is 15.6 Å². The molecule has 0 radical (unpaired) electrons. The van der Waals surface area contributed by atoms with Crippen LogP contribution in [-0.2, 0) is 11.3 Å². The molecule has 110 valence electrons. The molecule has 0 saturated heterocycles. The Morgan fingerprint density at radius 3 is 2.76 bits per heavy atom. The molecule has 1 atom stereocenters. The Kier molecular flexibility index (Phi) is 4.80. The minimum Gasteiger partial charge on any atom is -0.398 e. The minimum absolute atomic E-state index is 0.0569. The van der Waals surface area contributed by atoms with Crippen LogP contribution in [0.25, 0.3) is 0 Å². The van der Waals surface area contributed by atoms with Gasteiger partial charge in [0.2, 0.25) is 5.91 Å². The van der Waals surface area contributed by atoms with Crippen molar-refractivity contribution < 1.29 is 4.79 Å². The van der Waals surface area contributed by atoms with E-state index in [9.17, 15) is 9.59 Å². The molecule has 1 aromatic heterocycles. The van der Waals surface area contributed by atoms with E-state index in [1.807, 2.05) is 31.2 Å². The van der Waals surface area contributed by atoms with Crippen molar-refractivity contribution in [1.82, 2.24) is 9.88 Å². The zero-order valence-electron chi connectivity index (χ0n) is 11.5. The van der Waals surface area contributed by atoms with Gasteiger partial charge in [0.1, 0.15) is 6.54 Å². The summed E-state index contributed by atoms with van der Waals surface area (Å²) >= 11 is 3.45. The van der Waals surface area contributed by atoms with Gasteiger partial charge in [-0.3, -0.25) is 9.59 Å². The van der Waals surface area contributed by atoms with Crippen LogP contribution in [0.2, 0.25) is 0 Å². The highest BCUT2D eigenvalue weighted by Gasteiger charge is 2.12. The normalized spacial score (nSPS) is 11.9. The summed E-state index contributed by atoms with van der Waals surface area (Å²) in [6, 6.07) is 10.4. The van der Waals surface area contributed by atoms with Gasteiger partial charge in [-0.2, -0.15) is 0 Å². The highest BCUT2D eigenvalue weighted by Crippen LogP contribution is 2.22. The van der Waals surface area contributed by atoms with Gasteiger partial charge in [0, 0.05) is 22.4 Å². The zero-order chi connectivity index (χ0) is 15.4. The van der Waals surface area contributed by atoms with Crippen molar-refractivity contribution in [3.8, 4) is 0 Å². The molecule has 3 N–H and O–H groups in total. The van der Waals surface area contributed by atoms with Crippen molar-refractivity contribution in [3.63, 3.8) is 0 Å². The van der Waals surface area contributed by atoms with Crippen LogP contribution < -0.4 is 16.6 Å². The third kappa shape index (κ3) is 3.95. The predicted molar refractivity (Wildman–Crippen MR) is 85.8 cm³/mol. The van der Waals surface area contributed by atoms with Crippen molar-refractivity contribution in [2.24, 2.45) is 0 Å². The molecule has 1 unspecified atom stereocenters. The molecular weight excluding hydrogens is 334 g/mol. The Morgan fingerprint density at radius 1 is 1.33 bits per heavy atom. The largest absolute Gasteiger partial charge is 0.398 e. The summed E-state index contributed by atoms with van der Waals surface area (Å²) in [4.78, 5) is 23.7. The number of hydrogen-bond donors (Lipinski definition) is 2. The van der Waals surface area contributed by atoms with E-state index in [0.717, 1.165) is 10.0 Å². The van der Waals surface area contributed by atoms with Crippen molar-refractivity contribution in [2.75, 3.05) is 5.73 Å². The molecule has 2 aromatic rings. The van der Waals surface area contributed by atoms with Gasteiger partial charge in [-0.05, 0) is 24.6 Å². The quantitative estimate of drug-likeness (QED) is 0.886. The molecule has 0 aliphatic carbocycles. The van der Waals surface area contributed by atoms with Crippen LogP contribution in [0.15, 0.2) is 51.9 Å². The standard InChI is InChI=1S/C15H16BrN3O2/c1-10(12-4-2-3-5-13(12)16)18-14(20)9-19-8-11(17)6-7-15(19)21/h2-8,10H,9,17H2,1H3,(H,18,20). The summed E-state index contributed by atoms with van der Waals surface area (Å²) in [6.45, 7) is 1.83. The maximum atomic E-state index is 12.0. The van der Waals surface area contributed by atoms with Crippen LogP contribution in [-0.4, -0.2) is 10.5 Å². The van der Waals surface area contributed by atoms with Gasteiger partial charge in [0.15, 0.2) is 0 Å². The first kappa shape index (κ1) is 15.3. The summed E-state index contributed by atoms with van der Waals surface area (Å²) in [6.07, 6.45) is 1.46. The lowest BCUT2D eigenvalue weighted by atomic mass is 10.1. The van der Waals surface area contributed by atoms with E-state index >= 15 is 0 Å². The van der Waals surface area contributed by atoms with Crippen LogP contribution in [0.5, 0.6) is 0 Å². The van der Waals surface area contributed by atoms with Gasteiger partial charge in [-0.25, -0.2) is 0 Å². The number of benzene rings is 1. The lowest BCUT2D eigenvalue weighted by Crippen LogP contribution is -2.33. The van der Waals surface area contributed by atoms with E-state index in [4.69, 9.17) is 5.73 Å². The number of pyridine rings is 1. The molecule has 0 aliphatic rings. The van der Waals surface area contributed by atoms with E-state index in [1.165, 1.54) is 22.9 Å². The number of hydrogen-bond acceptors (Lipinski definition) is 3. The fourth-order valence-electron chi connectivity index (χ4n) is 2.02. The molecule has 6 heteroatoms. The third-order valence-electron chi connectivity index (χ3n) is 3.07. The number of nitrogen functional groups attached to an aromatic ring is 1. The number of halogens is 1. The number of nitrogens with one attached hydrogen (secondary N) is 1. The number of nitrogens with zero attached hydrogens (tertiary/aromatic N) is 1. The van der Waals surface area contributed by atoms with E-state index in [0.29, 0.717) is 5.69 Å². The van der Waals surface area contributed by atoms with E-state index in [1.54, 1.807) is 0 Å². The SMILES string of the molecule is CC(NC(=O)Cn1cc(N)ccc1=O)c1ccccc1Br. The smallest absolute Gasteiger partial charge is 0.251 e. The van der Waals surface area contributed by atoms with Crippen LogP contribution in [0.3, 0.4) is 0 Å². The molecule has 1 amide bonds. The monoisotopic (exact) mass is 349 g/mol. The summed E-state index contributed by atoms with van der Waals surface area (Å²) in [5.41, 5.74) is 6.78. The third-order valence-corrected chi connectivity index (χ3v) is 3.79. The van der Waals surface area contributed by atoms with E-state index in [-0.39, 0.29) is 24.1 Å². The Balaban J connectivity index is 2.07. The van der Waals surface area contributed by atoms with E-state index < -0.39 is 0 Å². The molecule has 0 bridgehead atoms. The van der Waals surface area contributed by atoms with Crippen LogP contribution >= 0.6 is 15.9 Å².